The molecule has 0 radical (unpaired) electrons. The molecule has 1 rings (SSSR count). The Morgan fingerprint density at radius 1 is 1.35 bits per heavy atom. The molecule has 1 aromatic rings. The molecule has 0 saturated heterocycles. The van der Waals surface area contributed by atoms with Crippen LogP contribution in [0.4, 0.5) is 5.69 Å². The summed E-state index contributed by atoms with van der Waals surface area (Å²) in [5.41, 5.74) is 12.0. The quantitative estimate of drug-likeness (QED) is 0.399. The van der Waals surface area contributed by atoms with Crippen molar-refractivity contribution in [2.24, 2.45) is 21.7 Å². The lowest BCUT2D eigenvalue weighted by Crippen LogP contribution is -2.22. The Balaban J connectivity index is 2.56. The van der Waals surface area contributed by atoms with E-state index in [1.54, 1.807) is 0 Å². The lowest BCUT2D eigenvalue weighted by Gasteiger charge is -2.02. The summed E-state index contributed by atoms with van der Waals surface area (Å²) in [6, 6.07) is 7.54. The van der Waals surface area contributed by atoms with Crippen LogP contribution in [0.3, 0.4) is 0 Å². The molecule has 5 N–H and O–H groups in total. The number of nitrogens with two attached hydrogens (primary N) is 2. The van der Waals surface area contributed by atoms with Crippen molar-refractivity contribution >= 4 is 23.8 Å². The molecule has 0 aliphatic heterocycles. The minimum absolute atomic E-state index is 0.193. The zero-order valence-electron chi connectivity index (χ0n) is 9.55. The van der Waals surface area contributed by atoms with Crippen molar-refractivity contribution in [3.63, 3.8) is 0 Å². The average Bonchev–Trinajstić information content (AvgIpc) is 2.29. The van der Waals surface area contributed by atoms with Gasteiger partial charge in [-0.2, -0.15) is 0 Å². The van der Waals surface area contributed by atoms with Crippen molar-refractivity contribution in [2.45, 2.75) is 13.3 Å². The second-order valence-corrected chi connectivity index (χ2v) is 3.31. The third kappa shape index (κ3) is 4.78. The molecule has 0 saturated carbocycles. The van der Waals surface area contributed by atoms with E-state index in [0.717, 1.165) is 12.6 Å². The van der Waals surface area contributed by atoms with Gasteiger partial charge in [-0.1, -0.05) is 19.1 Å². The zero-order chi connectivity index (χ0) is 12.7. The summed E-state index contributed by atoms with van der Waals surface area (Å²) in [6.07, 6.45) is 1.97. The van der Waals surface area contributed by atoms with E-state index in [-0.39, 0.29) is 11.9 Å². The summed E-state index contributed by atoms with van der Waals surface area (Å²) < 4.78 is 0. The lowest BCUT2D eigenvalue weighted by molar-refractivity contribution is -0.110. The molecule has 0 aliphatic rings. The smallest absolute Gasteiger partial charge is 0.268 e. The van der Waals surface area contributed by atoms with E-state index in [9.17, 15) is 4.79 Å². The van der Waals surface area contributed by atoms with Crippen LogP contribution in [0.25, 0.3) is 0 Å². The number of nitrogens with one attached hydrogen (secondary N) is 1. The van der Waals surface area contributed by atoms with Crippen molar-refractivity contribution in [3.05, 3.63) is 29.8 Å². The molecule has 1 aromatic carbocycles. The number of nitrogens with zero attached hydrogens (tertiary/aromatic N) is 2. The summed E-state index contributed by atoms with van der Waals surface area (Å²) in [7, 11) is 0. The highest BCUT2D eigenvalue weighted by molar-refractivity contribution is 6.31. The largest absolute Gasteiger partial charge is 0.369 e. The maximum atomic E-state index is 11.3. The highest BCUT2D eigenvalue weighted by Gasteiger charge is 1.98. The van der Waals surface area contributed by atoms with Gasteiger partial charge < -0.3 is 16.8 Å². The zero-order valence-corrected chi connectivity index (χ0v) is 9.55. The van der Waals surface area contributed by atoms with Gasteiger partial charge in [-0.25, -0.2) is 0 Å². The van der Waals surface area contributed by atoms with Gasteiger partial charge in [-0.05, 0) is 24.1 Å². The van der Waals surface area contributed by atoms with E-state index in [1.807, 2.05) is 24.3 Å². The predicted octanol–water partition coefficient (Wildman–Crippen LogP) is 0.447. The number of guanidine groups is 1. The van der Waals surface area contributed by atoms with E-state index in [1.165, 1.54) is 5.56 Å². The van der Waals surface area contributed by atoms with Gasteiger partial charge in [0.05, 0.1) is 0 Å². The third-order valence-electron chi connectivity index (χ3n) is 1.98. The fourth-order valence-electron chi connectivity index (χ4n) is 1.15. The minimum atomic E-state index is -0.390. The number of hydrogen-bond acceptors (Lipinski definition) is 3. The maximum absolute atomic E-state index is 11.3. The highest BCUT2D eigenvalue weighted by Crippen LogP contribution is 2.09. The van der Waals surface area contributed by atoms with Crippen molar-refractivity contribution in [1.29, 1.82) is 0 Å². The van der Waals surface area contributed by atoms with E-state index in [2.05, 4.69) is 22.4 Å². The van der Waals surface area contributed by atoms with E-state index >= 15 is 0 Å². The summed E-state index contributed by atoms with van der Waals surface area (Å²) in [4.78, 5) is 11.3. The number of amides is 1. The van der Waals surface area contributed by atoms with Crippen LogP contribution in [-0.2, 0) is 11.2 Å². The second kappa shape index (κ2) is 6.26. The Bertz CT molecular complexity index is 432. The summed E-state index contributed by atoms with van der Waals surface area (Å²) in [6.45, 7) is 2.06. The van der Waals surface area contributed by atoms with Crippen LogP contribution in [0.2, 0.25) is 0 Å². The summed E-state index contributed by atoms with van der Waals surface area (Å²) >= 11 is 0. The molecule has 0 aromatic heterocycles. The number of aryl methyl sites for hydroxylation is 1. The molecule has 0 fully saturated rings. The standard InChI is InChI=1S/C11H15N5O/c1-2-8-3-5-9(6-4-8)15-10(17)7-14-16-11(12)13/h3-7H,2H2,1H3,(H,15,17)(H4,12,13,16). The van der Waals surface area contributed by atoms with Crippen LogP contribution in [0.15, 0.2) is 34.5 Å². The number of rotatable bonds is 4. The van der Waals surface area contributed by atoms with E-state index in [0.29, 0.717) is 5.69 Å². The van der Waals surface area contributed by atoms with Gasteiger partial charge in [0.15, 0.2) is 0 Å². The first kappa shape index (κ1) is 12.7. The minimum Gasteiger partial charge on any atom is -0.369 e. The molecule has 6 heteroatoms. The average molecular weight is 233 g/mol. The first-order valence-electron chi connectivity index (χ1n) is 5.13. The predicted molar refractivity (Wildman–Crippen MR) is 68.8 cm³/mol. The maximum Gasteiger partial charge on any atom is 0.268 e. The monoisotopic (exact) mass is 233 g/mol. The van der Waals surface area contributed by atoms with Crippen LogP contribution in [0, 0.1) is 0 Å². The fourth-order valence-corrected chi connectivity index (χ4v) is 1.15. The van der Waals surface area contributed by atoms with Gasteiger partial charge >= 0.3 is 0 Å². The molecule has 17 heavy (non-hydrogen) atoms. The molecule has 6 nitrogen and oxygen atoms in total. The Hall–Kier alpha value is -2.37. The van der Waals surface area contributed by atoms with Crippen LogP contribution in [0.1, 0.15) is 12.5 Å². The molecule has 0 bridgehead atoms. The van der Waals surface area contributed by atoms with Crippen LogP contribution in [0.5, 0.6) is 0 Å². The number of benzene rings is 1. The van der Waals surface area contributed by atoms with Crippen molar-refractivity contribution in [2.75, 3.05) is 5.32 Å². The number of carbonyl (C=O) groups is 1. The second-order valence-electron chi connectivity index (χ2n) is 3.31. The van der Waals surface area contributed by atoms with E-state index < -0.39 is 0 Å². The molecular weight excluding hydrogens is 218 g/mol. The van der Waals surface area contributed by atoms with Gasteiger partial charge in [0, 0.05) is 5.69 Å². The molecular formula is C11H15N5O. The first-order chi connectivity index (χ1) is 8.11. The Labute approximate surface area is 99.4 Å². The van der Waals surface area contributed by atoms with Crippen molar-refractivity contribution < 1.29 is 4.79 Å². The fraction of sp³-hybridized carbons (Fsp3) is 0.182. The van der Waals surface area contributed by atoms with E-state index in [4.69, 9.17) is 11.5 Å². The molecule has 1 amide bonds. The topological polar surface area (TPSA) is 106 Å². The number of carbonyl (C=O) groups excluding carboxylic acids is 1. The number of hydrogen-bond donors (Lipinski definition) is 3. The Morgan fingerprint density at radius 3 is 2.53 bits per heavy atom. The van der Waals surface area contributed by atoms with Crippen molar-refractivity contribution in [3.8, 4) is 0 Å². The van der Waals surface area contributed by atoms with Gasteiger partial charge in [0.2, 0.25) is 5.96 Å². The van der Waals surface area contributed by atoms with Crippen LogP contribution in [-0.4, -0.2) is 18.1 Å². The molecule has 0 spiro atoms. The Morgan fingerprint density at radius 2 is 2.00 bits per heavy atom. The van der Waals surface area contributed by atoms with Gasteiger partial charge in [0.1, 0.15) is 6.21 Å². The molecule has 0 aliphatic carbocycles. The SMILES string of the molecule is CCc1ccc(NC(=O)C=NN=C(N)N)cc1. The van der Waals surface area contributed by atoms with Gasteiger partial charge in [-0.3, -0.25) is 4.79 Å². The normalized spacial score (nSPS) is 10.2. The molecule has 0 atom stereocenters. The third-order valence-corrected chi connectivity index (χ3v) is 1.98. The lowest BCUT2D eigenvalue weighted by atomic mass is 10.1. The summed E-state index contributed by atoms with van der Waals surface area (Å²) in [5.74, 6) is -0.583. The molecule has 0 heterocycles. The van der Waals surface area contributed by atoms with Gasteiger partial charge in [0.25, 0.3) is 5.91 Å². The first-order valence-corrected chi connectivity index (χ1v) is 5.13. The van der Waals surface area contributed by atoms with Crippen LogP contribution < -0.4 is 16.8 Å². The summed E-state index contributed by atoms with van der Waals surface area (Å²) in [5, 5.41) is 9.34. The Kier molecular flexibility index (Phi) is 4.68. The number of anilines is 1. The molecule has 0 unspecified atom stereocenters. The highest BCUT2D eigenvalue weighted by atomic mass is 16.1. The van der Waals surface area contributed by atoms with Crippen LogP contribution >= 0.6 is 0 Å². The van der Waals surface area contributed by atoms with Crippen molar-refractivity contribution in [1.82, 2.24) is 0 Å². The molecule has 90 valence electrons. The van der Waals surface area contributed by atoms with Gasteiger partial charge in [-0.15, -0.1) is 10.2 Å².